The normalized spacial score (nSPS) is 11.1. The van der Waals surface area contributed by atoms with E-state index in [-0.39, 0.29) is 17.7 Å². The van der Waals surface area contributed by atoms with E-state index in [0.29, 0.717) is 0 Å². The van der Waals surface area contributed by atoms with Crippen LogP contribution in [0, 0.1) is 25.5 Å². The summed E-state index contributed by atoms with van der Waals surface area (Å²) in [6.45, 7) is 3.64. The molecule has 0 saturated heterocycles. The zero-order chi connectivity index (χ0) is 14.0. The maximum atomic E-state index is 13.1. The van der Waals surface area contributed by atoms with Crippen LogP contribution < -0.4 is 11.3 Å². The number of hydrazine groups is 1. The van der Waals surface area contributed by atoms with Gasteiger partial charge in [-0.05, 0) is 60.4 Å². The lowest BCUT2D eigenvalue weighted by Gasteiger charge is -2.21. The van der Waals surface area contributed by atoms with Crippen molar-refractivity contribution in [1.29, 1.82) is 0 Å². The summed E-state index contributed by atoms with van der Waals surface area (Å²) >= 11 is 0. The Morgan fingerprint density at radius 3 is 1.63 bits per heavy atom. The lowest BCUT2D eigenvalue weighted by Crippen LogP contribution is -2.30. The first kappa shape index (κ1) is 13.6. The minimum atomic E-state index is -0.291. The fourth-order valence-corrected chi connectivity index (χ4v) is 2.27. The van der Waals surface area contributed by atoms with Crippen molar-refractivity contribution in [2.75, 3.05) is 0 Å². The van der Waals surface area contributed by atoms with Gasteiger partial charge in [0, 0.05) is 0 Å². The number of rotatable bonds is 3. The Morgan fingerprint density at radius 2 is 1.32 bits per heavy atom. The molecule has 2 aromatic carbocycles. The molecule has 0 fully saturated rings. The fourth-order valence-electron chi connectivity index (χ4n) is 2.27. The van der Waals surface area contributed by atoms with E-state index in [9.17, 15) is 8.78 Å². The number of benzene rings is 2. The fraction of sp³-hybridized carbons (Fsp3) is 0.200. The number of hydrogen-bond donors (Lipinski definition) is 2. The molecule has 4 heteroatoms. The van der Waals surface area contributed by atoms with Gasteiger partial charge in [-0.25, -0.2) is 14.2 Å². The maximum Gasteiger partial charge on any atom is 0.123 e. The van der Waals surface area contributed by atoms with Crippen LogP contribution in [0.15, 0.2) is 36.4 Å². The third-order valence-corrected chi connectivity index (χ3v) is 3.25. The molecular formula is C15H16F2N2. The molecule has 2 nitrogen and oxygen atoms in total. The van der Waals surface area contributed by atoms with Crippen molar-refractivity contribution in [3.63, 3.8) is 0 Å². The molecule has 2 aromatic rings. The number of nitrogens with one attached hydrogen (secondary N) is 1. The smallest absolute Gasteiger partial charge is 0.123 e. The molecule has 3 N–H and O–H groups in total. The summed E-state index contributed by atoms with van der Waals surface area (Å²) < 4.78 is 26.3. The molecule has 19 heavy (non-hydrogen) atoms. The Balaban J connectivity index is 2.50. The molecule has 100 valence electrons. The van der Waals surface area contributed by atoms with Gasteiger partial charge in [-0.15, -0.1) is 0 Å². The van der Waals surface area contributed by atoms with E-state index in [4.69, 9.17) is 5.84 Å². The second-order valence-electron chi connectivity index (χ2n) is 4.60. The highest BCUT2D eigenvalue weighted by atomic mass is 19.1. The van der Waals surface area contributed by atoms with Crippen LogP contribution in [-0.2, 0) is 0 Å². The predicted octanol–water partition coefficient (Wildman–Crippen LogP) is 3.13. The zero-order valence-corrected chi connectivity index (χ0v) is 10.9. The van der Waals surface area contributed by atoms with Crippen LogP contribution in [-0.4, -0.2) is 0 Å². The molecule has 0 heterocycles. The molecule has 0 bridgehead atoms. The third-order valence-electron chi connectivity index (χ3n) is 3.25. The summed E-state index contributed by atoms with van der Waals surface area (Å²) in [5.41, 5.74) is 6.05. The quantitative estimate of drug-likeness (QED) is 0.658. The largest absolute Gasteiger partial charge is 0.271 e. The summed E-state index contributed by atoms with van der Waals surface area (Å²) in [6.07, 6.45) is 0. The zero-order valence-electron chi connectivity index (χ0n) is 10.9. The van der Waals surface area contributed by atoms with Crippen LogP contribution in [0.4, 0.5) is 8.78 Å². The molecule has 0 saturated carbocycles. The van der Waals surface area contributed by atoms with Crippen LogP contribution in [0.25, 0.3) is 0 Å². The van der Waals surface area contributed by atoms with Crippen molar-refractivity contribution in [2.24, 2.45) is 5.84 Å². The number of nitrogens with two attached hydrogens (primary N) is 1. The van der Waals surface area contributed by atoms with E-state index >= 15 is 0 Å². The molecule has 0 aliphatic rings. The molecule has 2 rings (SSSR count). The van der Waals surface area contributed by atoms with Gasteiger partial charge in [0.15, 0.2) is 0 Å². The van der Waals surface area contributed by atoms with Crippen LogP contribution >= 0.6 is 0 Å². The molecule has 0 aliphatic heterocycles. The van der Waals surface area contributed by atoms with Gasteiger partial charge in [0.1, 0.15) is 11.6 Å². The summed E-state index contributed by atoms with van der Waals surface area (Å²) in [6, 6.07) is 8.80. The lowest BCUT2D eigenvalue weighted by molar-refractivity contribution is 0.604. The van der Waals surface area contributed by atoms with Crippen molar-refractivity contribution in [2.45, 2.75) is 19.9 Å². The number of hydrogen-bond acceptors (Lipinski definition) is 2. The molecule has 0 unspecified atom stereocenters. The van der Waals surface area contributed by atoms with Gasteiger partial charge in [0.05, 0.1) is 6.04 Å². The molecule has 0 atom stereocenters. The van der Waals surface area contributed by atoms with Gasteiger partial charge < -0.3 is 0 Å². The first-order valence-corrected chi connectivity index (χ1v) is 6.01. The van der Waals surface area contributed by atoms with Gasteiger partial charge in [-0.3, -0.25) is 5.84 Å². The topological polar surface area (TPSA) is 38.0 Å². The Bertz CT molecular complexity index is 545. The highest BCUT2D eigenvalue weighted by Gasteiger charge is 2.17. The lowest BCUT2D eigenvalue weighted by atomic mass is 9.92. The Kier molecular flexibility index (Phi) is 3.93. The van der Waals surface area contributed by atoms with Gasteiger partial charge >= 0.3 is 0 Å². The van der Waals surface area contributed by atoms with E-state index in [1.807, 2.05) is 13.8 Å². The van der Waals surface area contributed by atoms with E-state index in [1.54, 1.807) is 12.1 Å². The Hall–Kier alpha value is -1.78. The molecular weight excluding hydrogens is 246 g/mol. The average molecular weight is 262 g/mol. The predicted molar refractivity (Wildman–Crippen MR) is 71.4 cm³/mol. The van der Waals surface area contributed by atoms with Crippen LogP contribution in [0.5, 0.6) is 0 Å². The van der Waals surface area contributed by atoms with Crippen molar-refractivity contribution in [3.05, 3.63) is 70.3 Å². The monoisotopic (exact) mass is 262 g/mol. The highest BCUT2D eigenvalue weighted by Crippen LogP contribution is 2.27. The molecule has 0 amide bonds. The number of halogens is 2. The van der Waals surface area contributed by atoms with E-state index < -0.39 is 0 Å². The van der Waals surface area contributed by atoms with Crippen molar-refractivity contribution in [3.8, 4) is 0 Å². The number of aryl methyl sites for hydroxylation is 2. The minimum Gasteiger partial charge on any atom is -0.271 e. The second-order valence-corrected chi connectivity index (χ2v) is 4.60. The van der Waals surface area contributed by atoms with Crippen molar-refractivity contribution in [1.82, 2.24) is 5.43 Å². The maximum absolute atomic E-state index is 13.1. The van der Waals surface area contributed by atoms with E-state index in [1.165, 1.54) is 24.3 Å². The van der Waals surface area contributed by atoms with Gasteiger partial charge in [-0.1, -0.05) is 12.1 Å². The van der Waals surface area contributed by atoms with Crippen LogP contribution in [0.2, 0.25) is 0 Å². The van der Waals surface area contributed by atoms with Crippen LogP contribution in [0.3, 0.4) is 0 Å². The standard InChI is InChI=1S/C15H16F2N2/c1-9-7-11(16)3-5-13(9)15(19-18)14-6-4-12(17)8-10(14)2/h3-8,15,19H,18H2,1-2H3. The van der Waals surface area contributed by atoms with Crippen molar-refractivity contribution >= 4 is 0 Å². The second kappa shape index (κ2) is 5.47. The van der Waals surface area contributed by atoms with Crippen molar-refractivity contribution < 1.29 is 8.78 Å². The van der Waals surface area contributed by atoms with Gasteiger partial charge in [0.2, 0.25) is 0 Å². The van der Waals surface area contributed by atoms with Gasteiger partial charge in [-0.2, -0.15) is 0 Å². The Morgan fingerprint density at radius 1 is 0.895 bits per heavy atom. The summed E-state index contributed by atoms with van der Waals surface area (Å²) in [5.74, 6) is 5.04. The molecule has 0 spiro atoms. The summed E-state index contributed by atoms with van der Waals surface area (Å²) in [5, 5.41) is 0. The SMILES string of the molecule is Cc1cc(F)ccc1C(NN)c1ccc(F)cc1C. The summed E-state index contributed by atoms with van der Waals surface area (Å²) in [4.78, 5) is 0. The third kappa shape index (κ3) is 2.80. The molecule has 0 aromatic heterocycles. The van der Waals surface area contributed by atoms with E-state index in [0.717, 1.165) is 22.3 Å². The Labute approximate surface area is 111 Å². The average Bonchev–Trinajstić information content (AvgIpc) is 2.34. The van der Waals surface area contributed by atoms with Gasteiger partial charge in [0.25, 0.3) is 0 Å². The highest BCUT2D eigenvalue weighted by molar-refractivity contribution is 5.40. The molecule has 0 aliphatic carbocycles. The molecule has 0 radical (unpaired) electrons. The van der Waals surface area contributed by atoms with Crippen LogP contribution in [0.1, 0.15) is 28.3 Å². The van der Waals surface area contributed by atoms with E-state index in [2.05, 4.69) is 5.43 Å². The first-order valence-electron chi connectivity index (χ1n) is 6.01. The summed E-state index contributed by atoms with van der Waals surface area (Å²) in [7, 11) is 0. The first-order chi connectivity index (χ1) is 9.02. The minimum absolute atomic E-state index is 0.284.